The molecule has 0 spiro atoms. The highest BCUT2D eigenvalue weighted by molar-refractivity contribution is 5.99. The lowest BCUT2D eigenvalue weighted by Crippen LogP contribution is -2.31. The van der Waals surface area contributed by atoms with Gasteiger partial charge in [0.1, 0.15) is 24.1 Å². The number of rotatable bonds is 1. The second kappa shape index (κ2) is 4.81. The van der Waals surface area contributed by atoms with E-state index in [-0.39, 0.29) is 11.8 Å². The van der Waals surface area contributed by atoms with Crippen molar-refractivity contribution in [3.63, 3.8) is 0 Å². The largest absolute Gasteiger partial charge is 0.340 e. The molecule has 23 heavy (non-hydrogen) atoms. The fraction of sp³-hybridized carbons (Fsp3) is 0.375. The van der Waals surface area contributed by atoms with E-state index in [4.69, 9.17) is 0 Å². The maximum atomic E-state index is 12.6. The first-order valence-corrected chi connectivity index (χ1v) is 7.61. The third-order valence-electron chi connectivity index (χ3n) is 4.79. The molecule has 0 saturated heterocycles. The van der Waals surface area contributed by atoms with Crippen LogP contribution < -0.4 is 5.32 Å². The highest BCUT2D eigenvalue weighted by Gasteiger charge is 2.37. The summed E-state index contributed by atoms with van der Waals surface area (Å²) in [6.45, 7) is 1.96. The molecule has 1 unspecified atom stereocenters. The predicted octanol–water partition coefficient (Wildman–Crippen LogP) is 1.82. The summed E-state index contributed by atoms with van der Waals surface area (Å²) >= 11 is 0. The van der Waals surface area contributed by atoms with Crippen LogP contribution in [0, 0.1) is 18.3 Å². The second-order valence-electron chi connectivity index (χ2n) is 5.97. The van der Waals surface area contributed by atoms with E-state index >= 15 is 0 Å². The van der Waals surface area contributed by atoms with Gasteiger partial charge >= 0.3 is 0 Å². The minimum absolute atomic E-state index is 0.145. The first-order chi connectivity index (χ1) is 11.1. The van der Waals surface area contributed by atoms with E-state index < -0.39 is 0 Å². The zero-order valence-corrected chi connectivity index (χ0v) is 13.0. The fourth-order valence-electron chi connectivity index (χ4n) is 3.49. The highest BCUT2D eigenvalue weighted by atomic mass is 16.1. The summed E-state index contributed by atoms with van der Waals surface area (Å²) in [5.74, 6) is 0.789. The molecule has 1 aliphatic heterocycles. The van der Waals surface area contributed by atoms with Crippen molar-refractivity contribution in [3.8, 4) is 6.07 Å². The van der Waals surface area contributed by atoms with Crippen molar-refractivity contribution in [3.05, 3.63) is 40.6 Å². The number of hydrogen-bond acceptors (Lipinski definition) is 5. The van der Waals surface area contributed by atoms with Gasteiger partial charge in [-0.3, -0.25) is 4.79 Å². The van der Waals surface area contributed by atoms with Crippen LogP contribution in [0.4, 0.5) is 5.95 Å². The van der Waals surface area contributed by atoms with Gasteiger partial charge < -0.3 is 9.88 Å². The zero-order chi connectivity index (χ0) is 16.1. The van der Waals surface area contributed by atoms with Gasteiger partial charge in [-0.1, -0.05) is 0 Å². The number of allylic oxidation sites excluding steroid dienone is 2. The summed E-state index contributed by atoms with van der Waals surface area (Å²) in [6.07, 6.45) is 3.73. The van der Waals surface area contributed by atoms with Gasteiger partial charge in [-0.25, -0.2) is 4.68 Å². The number of Topliss-reactive ketones (excluding diaryl/α,β-unsaturated/α-hetero) is 1. The molecular formula is C16H16N6O. The number of anilines is 1. The summed E-state index contributed by atoms with van der Waals surface area (Å²) in [5, 5.41) is 16.8. The van der Waals surface area contributed by atoms with E-state index in [2.05, 4.69) is 21.5 Å². The molecule has 0 fully saturated rings. The van der Waals surface area contributed by atoms with Crippen LogP contribution in [-0.4, -0.2) is 25.1 Å². The van der Waals surface area contributed by atoms with Crippen LogP contribution in [0.2, 0.25) is 0 Å². The molecule has 7 heteroatoms. The number of ketones is 1. The number of fused-ring (bicyclic) bond motifs is 1. The fourth-order valence-corrected chi connectivity index (χ4v) is 3.49. The van der Waals surface area contributed by atoms with Crippen molar-refractivity contribution in [2.45, 2.75) is 32.2 Å². The van der Waals surface area contributed by atoms with Gasteiger partial charge in [-0.05, 0) is 25.8 Å². The van der Waals surface area contributed by atoms with Gasteiger partial charge in [0.25, 0.3) is 0 Å². The van der Waals surface area contributed by atoms with Crippen LogP contribution in [0.1, 0.15) is 42.3 Å². The van der Waals surface area contributed by atoms with Gasteiger partial charge in [-0.15, -0.1) is 0 Å². The molecule has 1 aliphatic carbocycles. The normalized spacial score (nSPS) is 19.9. The Bertz CT molecular complexity index is 894. The number of nitriles is 1. The number of nitrogens with zero attached hydrogens (tertiary/aromatic N) is 5. The SMILES string of the molecule is Cc1c(C2C3=C(CCCC3=O)Nc3ncnn32)cc(C#N)n1C. The molecule has 3 heterocycles. The second-order valence-corrected chi connectivity index (χ2v) is 5.97. The highest BCUT2D eigenvalue weighted by Crippen LogP contribution is 2.40. The molecule has 116 valence electrons. The standard InChI is InChI=1S/C16H16N6O/c1-9-11(6-10(7-17)21(9)2)15-14-12(4-3-5-13(14)23)20-16-18-8-19-22(15)16/h6,8,15H,3-5H2,1-2H3,(H,18,19,20). The lowest BCUT2D eigenvalue weighted by atomic mass is 9.85. The van der Waals surface area contributed by atoms with Crippen molar-refractivity contribution in [1.82, 2.24) is 19.3 Å². The first kappa shape index (κ1) is 13.8. The average molecular weight is 308 g/mol. The Morgan fingerprint density at radius 2 is 2.26 bits per heavy atom. The van der Waals surface area contributed by atoms with Gasteiger partial charge in [0, 0.05) is 36.0 Å². The van der Waals surface area contributed by atoms with E-state index in [1.807, 2.05) is 24.6 Å². The molecule has 0 amide bonds. The summed E-state index contributed by atoms with van der Waals surface area (Å²) in [6, 6.07) is 3.73. The summed E-state index contributed by atoms with van der Waals surface area (Å²) in [4.78, 5) is 16.8. The van der Waals surface area contributed by atoms with E-state index in [0.29, 0.717) is 18.1 Å². The monoisotopic (exact) mass is 308 g/mol. The quantitative estimate of drug-likeness (QED) is 0.868. The molecule has 1 N–H and O–H groups in total. The molecule has 7 nitrogen and oxygen atoms in total. The summed E-state index contributed by atoms with van der Waals surface area (Å²) < 4.78 is 3.59. The van der Waals surface area contributed by atoms with Crippen LogP contribution in [0.5, 0.6) is 0 Å². The number of carbonyl (C=O) groups is 1. The Labute approximate surface area is 133 Å². The van der Waals surface area contributed by atoms with Crippen LogP contribution in [-0.2, 0) is 11.8 Å². The van der Waals surface area contributed by atoms with Crippen LogP contribution in [0.15, 0.2) is 23.7 Å². The summed E-state index contributed by atoms with van der Waals surface area (Å²) in [7, 11) is 1.86. The average Bonchev–Trinajstić information content (AvgIpc) is 3.11. The van der Waals surface area contributed by atoms with E-state index in [0.717, 1.165) is 35.4 Å². The minimum atomic E-state index is -0.315. The molecule has 0 aromatic carbocycles. The third kappa shape index (κ3) is 1.84. The van der Waals surface area contributed by atoms with E-state index in [9.17, 15) is 10.1 Å². The van der Waals surface area contributed by atoms with Gasteiger partial charge in [0.15, 0.2) is 5.78 Å². The third-order valence-corrected chi connectivity index (χ3v) is 4.79. The topological polar surface area (TPSA) is 88.5 Å². The molecule has 0 bridgehead atoms. The molecule has 2 aromatic rings. The van der Waals surface area contributed by atoms with Gasteiger partial charge in [-0.2, -0.15) is 15.3 Å². The number of aromatic nitrogens is 4. The van der Waals surface area contributed by atoms with E-state index in [1.165, 1.54) is 6.33 Å². The number of hydrogen-bond donors (Lipinski definition) is 1. The lowest BCUT2D eigenvalue weighted by Gasteiger charge is -2.32. The lowest BCUT2D eigenvalue weighted by molar-refractivity contribution is -0.116. The predicted molar refractivity (Wildman–Crippen MR) is 82.5 cm³/mol. The Kier molecular flexibility index (Phi) is 2.88. The smallest absolute Gasteiger partial charge is 0.226 e. The minimum Gasteiger partial charge on any atom is -0.340 e. The maximum Gasteiger partial charge on any atom is 0.226 e. The Morgan fingerprint density at radius 1 is 1.43 bits per heavy atom. The Hall–Kier alpha value is -2.88. The van der Waals surface area contributed by atoms with Crippen molar-refractivity contribution >= 4 is 11.7 Å². The van der Waals surface area contributed by atoms with Crippen LogP contribution in [0.3, 0.4) is 0 Å². The van der Waals surface area contributed by atoms with Crippen molar-refractivity contribution in [1.29, 1.82) is 5.26 Å². The van der Waals surface area contributed by atoms with Crippen molar-refractivity contribution in [2.75, 3.05) is 5.32 Å². The molecular weight excluding hydrogens is 292 g/mol. The van der Waals surface area contributed by atoms with Gasteiger partial charge in [0.2, 0.25) is 5.95 Å². The maximum absolute atomic E-state index is 12.6. The molecule has 1 atom stereocenters. The molecule has 4 rings (SSSR count). The number of nitrogens with one attached hydrogen (secondary N) is 1. The number of carbonyl (C=O) groups excluding carboxylic acids is 1. The molecule has 0 saturated carbocycles. The van der Waals surface area contributed by atoms with E-state index in [1.54, 1.807) is 4.68 Å². The molecule has 0 radical (unpaired) electrons. The van der Waals surface area contributed by atoms with Crippen molar-refractivity contribution in [2.24, 2.45) is 7.05 Å². The zero-order valence-electron chi connectivity index (χ0n) is 13.0. The molecule has 2 aromatic heterocycles. The van der Waals surface area contributed by atoms with Crippen LogP contribution in [0.25, 0.3) is 0 Å². The van der Waals surface area contributed by atoms with Crippen LogP contribution >= 0.6 is 0 Å². The molecule has 2 aliphatic rings. The Morgan fingerprint density at radius 3 is 3.00 bits per heavy atom. The first-order valence-electron chi connectivity index (χ1n) is 7.61. The summed E-state index contributed by atoms with van der Waals surface area (Å²) in [5.41, 5.74) is 4.16. The van der Waals surface area contributed by atoms with Crippen molar-refractivity contribution < 1.29 is 4.79 Å². The van der Waals surface area contributed by atoms with Gasteiger partial charge in [0.05, 0.1) is 0 Å². The Balaban J connectivity index is 1.97.